The molecule has 1 aliphatic rings. The Morgan fingerprint density at radius 1 is 1.12 bits per heavy atom. The molecule has 2 heterocycles. The Labute approximate surface area is 210 Å². The summed E-state index contributed by atoms with van der Waals surface area (Å²) in [5, 5.41) is 11.0. The van der Waals surface area contributed by atoms with Crippen molar-refractivity contribution in [2.45, 2.75) is 38.5 Å². The van der Waals surface area contributed by atoms with Crippen molar-refractivity contribution in [1.29, 1.82) is 0 Å². The van der Waals surface area contributed by atoms with Crippen molar-refractivity contribution in [1.82, 2.24) is 14.8 Å². The third-order valence-corrected chi connectivity index (χ3v) is 6.92. The SMILES string of the molecule is Cc1cccc(CN(C(=O)Cc2ccc(Cl)c(Cl)c2)[C@H](CN2CC[C@H](O)C2)c2ccccc2)n1. The Balaban J connectivity index is 1.67. The minimum atomic E-state index is -0.324. The van der Waals surface area contributed by atoms with E-state index in [1.165, 1.54) is 0 Å². The Morgan fingerprint density at radius 3 is 2.59 bits per heavy atom. The molecule has 178 valence electrons. The summed E-state index contributed by atoms with van der Waals surface area (Å²) < 4.78 is 0. The van der Waals surface area contributed by atoms with E-state index in [1.54, 1.807) is 12.1 Å². The van der Waals surface area contributed by atoms with Gasteiger partial charge in [-0.15, -0.1) is 0 Å². The van der Waals surface area contributed by atoms with Gasteiger partial charge >= 0.3 is 0 Å². The number of carbonyl (C=O) groups is 1. The van der Waals surface area contributed by atoms with E-state index < -0.39 is 0 Å². The van der Waals surface area contributed by atoms with E-state index in [0.717, 1.165) is 35.5 Å². The number of pyridine rings is 1. The molecule has 1 aromatic heterocycles. The fraction of sp³-hybridized carbons (Fsp3) is 0.333. The van der Waals surface area contributed by atoms with E-state index in [2.05, 4.69) is 22.0 Å². The molecule has 0 bridgehead atoms. The molecular formula is C27H29Cl2N3O2. The van der Waals surface area contributed by atoms with Gasteiger partial charge in [-0.3, -0.25) is 14.7 Å². The van der Waals surface area contributed by atoms with Gasteiger partial charge in [0.25, 0.3) is 0 Å². The van der Waals surface area contributed by atoms with E-state index in [0.29, 0.717) is 29.7 Å². The first-order valence-corrected chi connectivity index (χ1v) is 12.3. The second kappa shape index (κ2) is 11.3. The maximum absolute atomic E-state index is 13.8. The third-order valence-electron chi connectivity index (χ3n) is 6.18. The van der Waals surface area contributed by atoms with Crippen LogP contribution < -0.4 is 0 Å². The second-order valence-corrected chi connectivity index (χ2v) is 9.66. The van der Waals surface area contributed by atoms with Gasteiger partial charge in [0.2, 0.25) is 5.91 Å². The molecule has 0 spiro atoms. The number of benzene rings is 2. The standard InChI is InChI=1S/C27H29Cl2N3O2/c1-19-6-5-9-22(30-19)16-32(27(34)15-20-10-11-24(28)25(29)14-20)26(21-7-3-2-4-8-21)18-31-13-12-23(33)17-31/h2-11,14,23,26,33H,12-13,15-18H2,1H3/t23-,26+/m0/s1. The molecule has 1 fully saturated rings. The highest BCUT2D eigenvalue weighted by Gasteiger charge is 2.30. The molecule has 5 nitrogen and oxygen atoms in total. The number of likely N-dealkylation sites (tertiary alicyclic amines) is 1. The van der Waals surface area contributed by atoms with Crippen molar-refractivity contribution in [2.24, 2.45) is 0 Å². The maximum atomic E-state index is 13.8. The summed E-state index contributed by atoms with van der Waals surface area (Å²) in [4.78, 5) is 22.6. The van der Waals surface area contributed by atoms with Gasteiger partial charge in [0.15, 0.2) is 0 Å². The van der Waals surface area contributed by atoms with E-state index in [1.807, 2.05) is 54.3 Å². The molecule has 2 aromatic carbocycles. The van der Waals surface area contributed by atoms with Crippen molar-refractivity contribution < 1.29 is 9.90 Å². The molecule has 1 aliphatic heterocycles. The maximum Gasteiger partial charge on any atom is 0.227 e. The zero-order valence-corrected chi connectivity index (χ0v) is 20.7. The molecule has 2 atom stereocenters. The van der Waals surface area contributed by atoms with Gasteiger partial charge in [-0.05, 0) is 48.7 Å². The van der Waals surface area contributed by atoms with Crippen LogP contribution in [0.4, 0.5) is 0 Å². The van der Waals surface area contributed by atoms with Crippen molar-refractivity contribution in [3.63, 3.8) is 0 Å². The topological polar surface area (TPSA) is 56.7 Å². The highest BCUT2D eigenvalue weighted by molar-refractivity contribution is 6.42. The van der Waals surface area contributed by atoms with E-state index in [4.69, 9.17) is 23.2 Å². The molecule has 34 heavy (non-hydrogen) atoms. The first-order chi connectivity index (χ1) is 16.4. The molecule has 1 N–H and O–H groups in total. The van der Waals surface area contributed by atoms with Crippen LogP contribution in [0.25, 0.3) is 0 Å². The molecule has 3 aromatic rings. The summed E-state index contributed by atoms with van der Waals surface area (Å²) in [5.41, 5.74) is 3.61. The highest BCUT2D eigenvalue weighted by Crippen LogP contribution is 2.28. The summed E-state index contributed by atoms with van der Waals surface area (Å²) in [6.07, 6.45) is 0.627. The molecule has 0 saturated carbocycles. The van der Waals surface area contributed by atoms with Gasteiger partial charge in [0, 0.05) is 25.3 Å². The molecule has 4 rings (SSSR count). The van der Waals surface area contributed by atoms with Gasteiger partial charge in [-0.1, -0.05) is 65.7 Å². The number of aryl methyl sites for hydroxylation is 1. The van der Waals surface area contributed by atoms with Gasteiger partial charge in [-0.2, -0.15) is 0 Å². The van der Waals surface area contributed by atoms with Crippen molar-refractivity contribution in [3.8, 4) is 0 Å². The van der Waals surface area contributed by atoms with Crippen LogP contribution in [0.1, 0.15) is 35.0 Å². The molecule has 0 aliphatic carbocycles. The quantitative estimate of drug-likeness (QED) is 0.471. The number of nitrogens with zero attached hydrogens (tertiary/aromatic N) is 3. The van der Waals surface area contributed by atoms with Crippen LogP contribution >= 0.6 is 23.2 Å². The first-order valence-electron chi connectivity index (χ1n) is 11.5. The van der Waals surface area contributed by atoms with Crippen molar-refractivity contribution >= 4 is 29.1 Å². The summed E-state index contributed by atoms with van der Waals surface area (Å²) in [6, 6.07) is 21.1. The lowest BCUT2D eigenvalue weighted by atomic mass is 10.0. The van der Waals surface area contributed by atoms with Crippen LogP contribution in [0.2, 0.25) is 10.0 Å². The Bertz CT molecular complexity index is 1130. The van der Waals surface area contributed by atoms with Crippen molar-refractivity contribution in [2.75, 3.05) is 19.6 Å². The Kier molecular flexibility index (Phi) is 8.22. The number of β-amino-alcohol motifs (C(OH)–C–C–N with tert-alkyl or cyclic N) is 1. The summed E-state index contributed by atoms with van der Waals surface area (Å²) in [6.45, 7) is 4.40. The normalized spacial score (nSPS) is 17.0. The summed E-state index contributed by atoms with van der Waals surface area (Å²) >= 11 is 12.3. The zero-order valence-electron chi connectivity index (χ0n) is 19.2. The van der Waals surface area contributed by atoms with Gasteiger partial charge in [0.05, 0.1) is 40.9 Å². The third kappa shape index (κ3) is 6.36. The molecule has 0 unspecified atom stereocenters. The van der Waals surface area contributed by atoms with E-state index >= 15 is 0 Å². The van der Waals surface area contributed by atoms with Crippen LogP contribution in [0, 0.1) is 6.92 Å². The zero-order chi connectivity index (χ0) is 24.1. The largest absolute Gasteiger partial charge is 0.392 e. The average molecular weight is 498 g/mol. The number of amides is 1. The lowest BCUT2D eigenvalue weighted by Gasteiger charge is -2.35. The number of aromatic nitrogens is 1. The lowest BCUT2D eigenvalue weighted by molar-refractivity contribution is -0.134. The number of hydrogen-bond acceptors (Lipinski definition) is 4. The lowest BCUT2D eigenvalue weighted by Crippen LogP contribution is -2.41. The smallest absolute Gasteiger partial charge is 0.227 e. The minimum absolute atomic E-state index is 0.0182. The summed E-state index contributed by atoms with van der Waals surface area (Å²) in [5.74, 6) is -0.0182. The van der Waals surface area contributed by atoms with E-state index in [-0.39, 0.29) is 24.5 Å². The predicted molar refractivity (Wildman–Crippen MR) is 136 cm³/mol. The predicted octanol–water partition coefficient (Wildman–Crippen LogP) is 5.08. The minimum Gasteiger partial charge on any atom is -0.392 e. The van der Waals surface area contributed by atoms with Crippen LogP contribution in [-0.4, -0.2) is 51.5 Å². The Hall–Kier alpha value is -2.44. The van der Waals surface area contributed by atoms with Crippen LogP contribution in [0.3, 0.4) is 0 Å². The number of aliphatic hydroxyl groups excluding tert-OH is 1. The van der Waals surface area contributed by atoms with E-state index in [9.17, 15) is 9.90 Å². The number of hydrogen-bond donors (Lipinski definition) is 1. The van der Waals surface area contributed by atoms with Gasteiger partial charge in [0.1, 0.15) is 0 Å². The fourth-order valence-electron chi connectivity index (χ4n) is 4.44. The average Bonchev–Trinajstić information content (AvgIpc) is 3.24. The van der Waals surface area contributed by atoms with Crippen LogP contribution in [-0.2, 0) is 17.8 Å². The fourth-order valence-corrected chi connectivity index (χ4v) is 4.76. The summed E-state index contributed by atoms with van der Waals surface area (Å²) in [7, 11) is 0. The van der Waals surface area contributed by atoms with Crippen LogP contribution in [0.5, 0.6) is 0 Å². The number of aliphatic hydroxyl groups is 1. The molecular weight excluding hydrogens is 469 g/mol. The Morgan fingerprint density at radius 2 is 1.91 bits per heavy atom. The number of rotatable bonds is 8. The monoisotopic (exact) mass is 497 g/mol. The number of carbonyl (C=O) groups excluding carboxylic acids is 1. The molecule has 0 radical (unpaired) electrons. The number of halogens is 2. The highest BCUT2D eigenvalue weighted by atomic mass is 35.5. The van der Waals surface area contributed by atoms with Crippen LogP contribution in [0.15, 0.2) is 66.7 Å². The first kappa shape index (κ1) is 24.7. The van der Waals surface area contributed by atoms with Gasteiger partial charge in [-0.25, -0.2) is 0 Å². The molecule has 7 heteroatoms. The second-order valence-electron chi connectivity index (χ2n) is 8.85. The molecule has 1 amide bonds. The molecule has 1 saturated heterocycles. The van der Waals surface area contributed by atoms with Gasteiger partial charge < -0.3 is 10.0 Å². The van der Waals surface area contributed by atoms with Crippen molar-refractivity contribution in [3.05, 3.63) is 99.3 Å².